The van der Waals surface area contributed by atoms with E-state index in [1.807, 2.05) is 0 Å². The lowest BCUT2D eigenvalue weighted by molar-refractivity contribution is 1.35. The predicted molar refractivity (Wildman–Crippen MR) is 90.3 cm³/mol. The Hall–Kier alpha value is -0.806. The van der Waals surface area contributed by atoms with Gasteiger partial charge in [-0.05, 0) is 24.6 Å². The number of anilines is 1. The zero-order chi connectivity index (χ0) is 14.1. The predicted octanol–water partition coefficient (Wildman–Crippen LogP) is 5.20. The Bertz CT molecular complexity index is 407. The van der Waals surface area contributed by atoms with Gasteiger partial charge in [-0.3, -0.25) is 0 Å². The highest BCUT2D eigenvalue weighted by atomic mass is 28.4. The third-order valence-corrected chi connectivity index (χ3v) is 10.2. The minimum Gasteiger partial charge on any atom is -0.425 e. The van der Waals surface area contributed by atoms with E-state index in [1.54, 1.807) is 0 Å². The number of nitrogens with zero attached hydrogens (tertiary/aromatic N) is 1. The van der Waals surface area contributed by atoms with Gasteiger partial charge in [0.25, 0.3) is 0 Å². The van der Waals surface area contributed by atoms with E-state index in [2.05, 4.69) is 81.3 Å². The van der Waals surface area contributed by atoms with Gasteiger partial charge in [0, 0.05) is 5.69 Å². The zero-order valence-electron chi connectivity index (χ0n) is 13.0. The van der Waals surface area contributed by atoms with Gasteiger partial charge in [-0.15, -0.1) is 0 Å². The van der Waals surface area contributed by atoms with Gasteiger partial charge in [0.2, 0.25) is 0 Å². The SMILES string of the molecule is C=C(C)c1ccc(N([Si](C)(C)C)[Si](C)(C)C)cc1. The fourth-order valence-electron chi connectivity index (χ4n) is 2.68. The van der Waals surface area contributed by atoms with Gasteiger partial charge in [-0.2, -0.15) is 0 Å². The number of allylic oxidation sites excluding steroid dienone is 1. The molecule has 0 saturated heterocycles. The van der Waals surface area contributed by atoms with Crippen LogP contribution in [0, 0.1) is 0 Å². The summed E-state index contributed by atoms with van der Waals surface area (Å²) in [6.45, 7) is 20.6. The molecule has 0 aromatic heterocycles. The van der Waals surface area contributed by atoms with Crippen molar-refractivity contribution in [1.82, 2.24) is 0 Å². The van der Waals surface area contributed by atoms with Crippen LogP contribution in [0.2, 0.25) is 39.3 Å². The lowest BCUT2D eigenvalue weighted by atomic mass is 10.1. The van der Waals surface area contributed by atoms with Gasteiger partial charge in [-0.1, -0.05) is 63.6 Å². The fraction of sp³-hybridized carbons (Fsp3) is 0.467. The van der Waals surface area contributed by atoms with Crippen molar-refractivity contribution in [2.24, 2.45) is 0 Å². The average Bonchev–Trinajstić information content (AvgIpc) is 2.13. The molecular weight excluding hydrogens is 250 g/mol. The Morgan fingerprint density at radius 2 is 1.28 bits per heavy atom. The standard InChI is InChI=1S/C15H27NSi2/c1-13(2)14-9-11-15(12-10-14)16(17(3,4)5)18(6,7)8/h9-12H,1H2,2-8H3. The lowest BCUT2D eigenvalue weighted by Gasteiger charge is -2.46. The summed E-state index contributed by atoms with van der Waals surface area (Å²) in [6, 6.07) is 8.93. The third-order valence-electron chi connectivity index (χ3n) is 2.96. The first-order valence-electron chi connectivity index (χ1n) is 6.60. The Kier molecular flexibility index (Phi) is 4.28. The van der Waals surface area contributed by atoms with E-state index in [9.17, 15) is 0 Å². The monoisotopic (exact) mass is 277 g/mol. The summed E-state index contributed by atoms with van der Waals surface area (Å²) in [6.07, 6.45) is 0. The van der Waals surface area contributed by atoms with E-state index in [1.165, 1.54) is 11.3 Å². The van der Waals surface area contributed by atoms with Crippen LogP contribution in [-0.4, -0.2) is 16.5 Å². The highest BCUT2D eigenvalue weighted by molar-refractivity contribution is 6.99. The zero-order valence-corrected chi connectivity index (χ0v) is 15.0. The van der Waals surface area contributed by atoms with Gasteiger partial charge in [0.05, 0.1) is 0 Å². The normalized spacial score (nSPS) is 12.4. The minimum absolute atomic E-state index is 1.13. The maximum absolute atomic E-state index is 4.00. The topological polar surface area (TPSA) is 3.24 Å². The Labute approximate surface area is 115 Å². The summed E-state index contributed by atoms with van der Waals surface area (Å²) >= 11 is 0. The first-order valence-corrected chi connectivity index (χ1v) is 13.5. The molecule has 0 unspecified atom stereocenters. The number of rotatable bonds is 4. The lowest BCUT2D eigenvalue weighted by Crippen LogP contribution is -2.59. The molecule has 0 aliphatic carbocycles. The van der Waals surface area contributed by atoms with Crippen LogP contribution in [0.3, 0.4) is 0 Å². The number of hydrogen-bond donors (Lipinski definition) is 0. The molecule has 18 heavy (non-hydrogen) atoms. The van der Waals surface area contributed by atoms with Crippen LogP contribution in [0.15, 0.2) is 30.8 Å². The molecule has 0 aliphatic rings. The maximum atomic E-state index is 4.00. The molecule has 1 aromatic carbocycles. The molecule has 0 amide bonds. The van der Waals surface area contributed by atoms with Crippen LogP contribution in [-0.2, 0) is 0 Å². The van der Waals surface area contributed by atoms with Crippen molar-refractivity contribution < 1.29 is 0 Å². The highest BCUT2D eigenvalue weighted by Crippen LogP contribution is 2.29. The van der Waals surface area contributed by atoms with Crippen LogP contribution in [0.5, 0.6) is 0 Å². The van der Waals surface area contributed by atoms with E-state index in [-0.39, 0.29) is 0 Å². The van der Waals surface area contributed by atoms with Crippen LogP contribution in [0.4, 0.5) is 5.69 Å². The molecular formula is C15H27NSi2. The van der Waals surface area contributed by atoms with Gasteiger partial charge < -0.3 is 4.23 Å². The van der Waals surface area contributed by atoms with Gasteiger partial charge in [0.1, 0.15) is 16.5 Å². The van der Waals surface area contributed by atoms with E-state index in [0.717, 1.165) is 5.57 Å². The first kappa shape index (κ1) is 15.3. The fourth-order valence-corrected chi connectivity index (χ4v) is 12.6. The van der Waals surface area contributed by atoms with Crippen molar-refractivity contribution in [3.63, 3.8) is 0 Å². The quantitative estimate of drug-likeness (QED) is 0.684. The van der Waals surface area contributed by atoms with Crippen molar-refractivity contribution in [2.75, 3.05) is 4.23 Å². The van der Waals surface area contributed by atoms with Gasteiger partial charge >= 0.3 is 0 Å². The third kappa shape index (κ3) is 3.59. The molecule has 0 bridgehead atoms. The molecule has 100 valence electrons. The minimum atomic E-state index is -1.33. The number of hydrogen-bond acceptors (Lipinski definition) is 1. The molecule has 0 aliphatic heterocycles. The molecule has 0 saturated carbocycles. The van der Waals surface area contributed by atoms with Crippen molar-refractivity contribution in [3.05, 3.63) is 36.4 Å². The van der Waals surface area contributed by atoms with Crippen LogP contribution < -0.4 is 4.23 Å². The van der Waals surface area contributed by atoms with Crippen LogP contribution >= 0.6 is 0 Å². The van der Waals surface area contributed by atoms with E-state index in [4.69, 9.17) is 0 Å². The van der Waals surface area contributed by atoms with Crippen molar-refractivity contribution >= 4 is 27.7 Å². The molecule has 0 heterocycles. The molecule has 0 fully saturated rings. The second-order valence-corrected chi connectivity index (χ2v) is 17.0. The van der Waals surface area contributed by atoms with Crippen LogP contribution in [0.1, 0.15) is 12.5 Å². The smallest absolute Gasteiger partial charge is 0.138 e. The van der Waals surface area contributed by atoms with Crippen LogP contribution in [0.25, 0.3) is 5.57 Å². The van der Waals surface area contributed by atoms with E-state index in [0.29, 0.717) is 0 Å². The molecule has 0 atom stereocenters. The summed E-state index contributed by atoms with van der Waals surface area (Å²) < 4.78 is 2.74. The number of benzene rings is 1. The van der Waals surface area contributed by atoms with E-state index < -0.39 is 16.5 Å². The molecule has 0 N–H and O–H groups in total. The molecule has 0 spiro atoms. The molecule has 3 heteroatoms. The second-order valence-electron chi connectivity index (χ2n) is 7.00. The molecule has 0 radical (unpaired) electrons. The summed E-state index contributed by atoms with van der Waals surface area (Å²) in [4.78, 5) is 0. The highest BCUT2D eigenvalue weighted by Gasteiger charge is 2.34. The van der Waals surface area contributed by atoms with Crippen molar-refractivity contribution in [3.8, 4) is 0 Å². The maximum Gasteiger partial charge on any atom is 0.138 e. The summed E-state index contributed by atoms with van der Waals surface area (Å²) in [7, 11) is -2.67. The van der Waals surface area contributed by atoms with Crippen molar-refractivity contribution in [1.29, 1.82) is 0 Å². The van der Waals surface area contributed by atoms with Crippen molar-refractivity contribution in [2.45, 2.75) is 46.2 Å². The summed E-state index contributed by atoms with van der Waals surface area (Å²) in [5.41, 5.74) is 3.76. The molecule has 1 aromatic rings. The van der Waals surface area contributed by atoms with E-state index >= 15 is 0 Å². The Balaban J connectivity index is 3.20. The Morgan fingerprint density at radius 1 is 0.889 bits per heavy atom. The first-order chi connectivity index (χ1) is 8.03. The van der Waals surface area contributed by atoms with Gasteiger partial charge in [-0.25, -0.2) is 0 Å². The molecule has 1 rings (SSSR count). The largest absolute Gasteiger partial charge is 0.425 e. The average molecular weight is 278 g/mol. The summed E-state index contributed by atoms with van der Waals surface area (Å²) in [5, 5.41) is 0. The molecule has 1 nitrogen and oxygen atoms in total. The van der Waals surface area contributed by atoms with Gasteiger partial charge in [0.15, 0.2) is 0 Å². The summed E-state index contributed by atoms with van der Waals surface area (Å²) in [5.74, 6) is 0. The second kappa shape index (κ2) is 5.06. The Morgan fingerprint density at radius 3 is 1.56 bits per heavy atom.